The van der Waals surface area contributed by atoms with Gasteiger partial charge in [0.1, 0.15) is 0 Å². The van der Waals surface area contributed by atoms with E-state index >= 15 is 0 Å². The van der Waals surface area contributed by atoms with Crippen LogP contribution in [0.3, 0.4) is 0 Å². The molecule has 2 rings (SSSR count). The van der Waals surface area contributed by atoms with E-state index in [-0.39, 0.29) is 5.91 Å². The SMILES string of the molecule is C/C(c1ccccc1)=[N+]1\CC(=O)N1. The van der Waals surface area contributed by atoms with E-state index in [0.29, 0.717) is 6.54 Å². The van der Waals surface area contributed by atoms with Crippen LogP contribution in [0.2, 0.25) is 0 Å². The van der Waals surface area contributed by atoms with E-state index in [4.69, 9.17) is 0 Å². The Kier molecular flexibility index (Phi) is 1.85. The van der Waals surface area contributed by atoms with Crippen LogP contribution in [0.25, 0.3) is 0 Å². The molecule has 1 heterocycles. The third kappa shape index (κ3) is 1.45. The predicted molar refractivity (Wildman–Crippen MR) is 49.5 cm³/mol. The molecule has 0 atom stereocenters. The maximum Gasteiger partial charge on any atom is 0.342 e. The van der Waals surface area contributed by atoms with Crippen LogP contribution in [0.5, 0.6) is 0 Å². The number of carbonyl (C=O) groups excluding carboxylic acids is 1. The van der Waals surface area contributed by atoms with Gasteiger partial charge in [-0.3, -0.25) is 4.79 Å². The quantitative estimate of drug-likeness (QED) is 0.621. The summed E-state index contributed by atoms with van der Waals surface area (Å²) in [5, 5.41) is 0. The van der Waals surface area contributed by atoms with E-state index in [1.165, 1.54) is 0 Å². The standard InChI is InChI=1S/C10H10N2O/c1-8(12-7-10(13)11-12)9-5-3-2-4-6-9/h2-6H,7H2,1H3/p+1/b12-8-. The normalized spacial score (nSPS) is 19.0. The Labute approximate surface area is 76.7 Å². The van der Waals surface area contributed by atoms with E-state index in [0.717, 1.165) is 11.3 Å². The molecule has 0 spiro atoms. The number of nitrogens with zero attached hydrogens (tertiary/aromatic N) is 1. The Bertz CT molecular complexity index is 358. The highest BCUT2D eigenvalue weighted by Gasteiger charge is 2.29. The number of benzene rings is 1. The third-order valence-corrected chi connectivity index (χ3v) is 2.16. The van der Waals surface area contributed by atoms with E-state index < -0.39 is 0 Å². The second-order valence-electron chi connectivity index (χ2n) is 3.07. The third-order valence-electron chi connectivity index (χ3n) is 2.16. The number of amides is 1. The fourth-order valence-corrected chi connectivity index (χ4v) is 1.32. The summed E-state index contributed by atoms with van der Waals surface area (Å²) in [7, 11) is 0. The smallest absolute Gasteiger partial charge is 0.262 e. The first-order valence-corrected chi connectivity index (χ1v) is 4.23. The summed E-state index contributed by atoms with van der Waals surface area (Å²) in [5.74, 6) is 0.0790. The van der Waals surface area contributed by atoms with Crippen LogP contribution in [0, 0.1) is 0 Å². The molecule has 0 unspecified atom stereocenters. The van der Waals surface area contributed by atoms with Crippen LogP contribution in [0.15, 0.2) is 30.3 Å². The van der Waals surface area contributed by atoms with E-state index in [2.05, 4.69) is 5.43 Å². The first-order chi connectivity index (χ1) is 6.27. The van der Waals surface area contributed by atoms with Crippen molar-refractivity contribution in [3.8, 4) is 0 Å². The van der Waals surface area contributed by atoms with Gasteiger partial charge in [0.25, 0.3) is 6.54 Å². The zero-order valence-corrected chi connectivity index (χ0v) is 7.45. The molecule has 1 aromatic carbocycles. The predicted octanol–water partition coefficient (Wildman–Crippen LogP) is 0.553. The molecule has 13 heavy (non-hydrogen) atoms. The van der Waals surface area contributed by atoms with Gasteiger partial charge >= 0.3 is 5.91 Å². The Morgan fingerprint density at radius 3 is 2.54 bits per heavy atom. The first-order valence-electron chi connectivity index (χ1n) is 4.23. The summed E-state index contributed by atoms with van der Waals surface area (Å²) in [5.41, 5.74) is 4.92. The molecule has 66 valence electrons. The van der Waals surface area contributed by atoms with Crippen molar-refractivity contribution in [1.82, 2.24) is 5.43 Å². The van der Waals surface area contributed by atoms with Gasteiger partial charge in [0.15, 0.2) is 0 Å². The summed E-state index contributed by atoms with van der Waals surface area (Å²) in [6.45, 7) is 2.47. The molecule has 1 N–H and O–H groups in total. The molecule has 3 heteroatoms. The van der Waals surface area contributed by atoms with Gasteiger partial charge in [0.05, 0.1) is 0 Å². The van der Waals surface area contributed by atoms with Gasteiger partial charge in [0, 0.05) is 12.5 Å². The van der Waals surface area contributed by atoms with Crippen molar-refractivity contribution in [2.24, 2.45) is 0 Å². The lowest BCUT2D eigenvalue weighted by Crippen LogP contribution is -2.54. The molecule has 0 aromatic heterocycles. The van der Waals surface area contributed by atoms with E-state index in [9.17, 15) is 4.79 Å². The van der Waals surface area contributed by atoms with Gasteiger partial charge in [0.2, 0.25) is 5.71 Å². The molecule has 3 nitrogen and oxygen atoms in total. The Morgan fingerprint density at radius 2 is 2.00 bits per heavy atom. The molecular weight excluding hydrogens is 164 g/mol. The molecular formula is C10H11N2O+. The van der Waals surface area contributed by atoms with Crippen molar-refractivity contribution in [1.29, 1.82) is 0 Å². The van der Waals surface area contributed by atoms with Crippen molar-refractivity contribution in [3.05, 3.63) is 35.9 Å². The zero-order chi connectivity index (χ0) is 9.26. The van der Waals surface area contributed by atoms with Crippen molar-refractivity contribution in [2.45, 2.75) is 6.92 Å². The van der Waals surface area contributed by atoms with Gasteiger partial charge in [-0.15, -0.1) is 10.1 Å². The van der Waals surface area contributed by atoms with Crippen LogP contribution in [0.4, 0.5) is 0 Å². The lowest BCUT2D eigenvalue weighted by atomic mass is 10.1. The van der Waals surface area contributed by atoms with Gasteiger partial charge in [-0.2, -0.15) is 0 Å². The van der Waals surface area contributed by atoms with Crippen LogP contribution < -0.4 is 5.43 Å². The van der Waals surface area contributed by atoms with Gasteiger partial charge in [-0.25, -0.2) is 0 Å². The number of rotatable bonds is 1. The largest absolute Gasteiger partial charge is 0.342 e. The van der Waals surface area contributed by atoms with E-state index in [1.54, 1.807) is 0 Å². The number of hydrazone groups is 1. The number of hydrogen-bond donors (Lipinski definition) is 1. The van der Waals surface area contributed by atoms with Gasteiger partial charge in [-0.1, -0.05) is 18.2 Å². The molecule has 1 aliphatic heterocycles. The summed E-state index contributed by atoms with van der Waals surface area (Å²) < 4.78 is 1.84. The molecule has 1 aliphatic rings. The summed E-state index contributed by atoms with van der Waals surface area (Å²) in [4.78, 5) is 10.7. The van der Waals surface area contributed by atoms with Crippen molar-refractivity contribution >= 4 is 11.6 Å². The Hall–Kier alpha value is -1.64. The van der Waals surface area contributed by atoms with Crippen molar-refractivity contribution in [3.63, 3.8) is 0 Å². The highest BCUT2D eigenvalue weighted by Crippen LogP contribution is 2.01. The minimum atomic E-state index is 0.0790. The summed E-state index contributed by atoms with van der Waals surface area (Å²) >= 11 is 0. The number of nitrogens with one attached hydrogen (secondary N) is 1. The molecule has 1 amide bonds. The topological polar surface area (TPSA) is 32.1 Å². The fourth-order valence-electron chi connectivity index (χ4n) is 1.32. The second kappa shape index (κ2) is 3.01. The molecule has 0 aliphatic carbocycles. The van der Waals surface area contributed by atoms with Gasteiger partial charge in [-0.05, 0) is 12.1 Å². The maximum absolute atomic E-state index is 10.7. The Morgan fingerprint density at radius 1 is 1.38 bits per heavy atom. The lowest BCUT2D eigenvalue weighted by Gasteiger charge is -2.12. The molecule has 1 aromatic rings. The number of carbonyl (C=O) groups is 1. The van der Waals surface area contributed by atoms with Crippen molar-refractivity contribution in [2.75, 3.05) is 6.54 Å². The summed E-state index contributed by atoms with van der Waals surface area (Å²) in [6, 6.07) is 10.0. The minimum Gasteiger partial charge on any atom is -0.262 e. The fraction of sp³-hybridized carbons (Fsp3) is 0.200. The average Bonchev–Trinajstić information content (AvgIpc) is 2.13. The van der Waals surface area contributed by atoms with Crippen molar-refractivity contribution < 1.29 is 9.48 Å². The van der Waals surface area contributed by atoms with Crippen LogP contribution >= 0.6 is 0 Å². The van der Waals surface area contributed by atoms with E-state index in [1.807, 2.05) is 41.9 Å². The molecule has 0 radical (unpaired) electrons. The van der Waals surface area contributed by atoms with Crippen LogP contribution in [-0.2, 0) is 4.79 Å². The molecule has 0 bridgehead atoms. The highest BCUT2D eigenvalue weighted by molar-refractivity contribution is 5.96. The Balaban J connectivity index is 2.28. The van der Waals surface area contributed by atoms with Crippen LogP contribution in [0.1, 0.15) is 12.5 Å². The minimum absolute atomic E-state index is 0.0790. The second-order valence-corrected chi connectivity index (χ2v) is 3.07. The maximum atomic E-state index is 10.7. The number of hydrazine groups is 1. The van der Waals surface area contributed by atoms with Gasteiger partial charge < -0.3 is 0 Å². The summed E-state index contributed by atoms with van der Waals surface area (Å²) in [6.07, 6.45) is 0. The zero-order valence-electron chi connectivity index (χ0n) is 7.45. The number of hydrogen-bond acceptors (Lipinski definition) is 1. The average molecular weight is 175 g/mol. The first kappa shape index (κ1) is 7.98. The molecule has 0 saturated carbocycles. The molecule has 1 fully saturated rings. The highest BCUT2D eigenvalue weighted by atomic mass is 16.2. The monoisotopic (exact) mass is 175 g/mol. The molecule has 1 saturated heterocycles. The lowest BCUT2D eigenvalue weighted by molar-refractivity contribution is -0.602. The van der Waals surface area contributed by atoms with Crippen LogP contribution in [-0.4, -0.2) is 22.8 Å².